The average Bonchev–Trinajstić information content (AvgIpc) is 3.85. The number of furan rings is 1. The molecule has 12 rings (SSSR count). The van der Waals surface area contributed by atoms with Crippen LogP contribution in [0.2, 0.25) is 0 Å². The molecule has 64 heavy (non-hydrogen) atoms. The number of aromatic nitrogens is 3. The number of fused-ring (bicyclic) bond motifs is 6. The largest absolute Gasteiger partial charge is 0.456 e. The van der Waals surface area contributed by atoms with E-state index in [0.29, 0.717) is 17.5 Å². The monoisotopic (exact) mass is 819 g/mol. The number of benzene rings is 9. The van der Waals surface area contributed by atoms with Gasteiger partial charge in [-0.2, -0.15) is 0 Å². The maximum absolute atomic E-state index is 6.51. The van der Waals surface area contributed by atoms with E-state index in [4.69, 9.17) is 19.4 Å². The predicted octanol–water partition coefficient (Wildman–Crippen LogP) is 15.7. The fourth-order valence-electron chi connectivity index (χ4n) is 9.71. The number of rotatable bonds is 7. The molecule has 0 radical (unpaired) electrons. The van der Waals surface area contributed by atoms with Crippen LogP contribution in [0.1, 0.15) is 25.0 Å². The Morgan fingerprint density at radius 1 is 0.312 bits per heavy atom. The summed E-state index contributed by atoms with van der Waals surface area (Å²) in [5, 5.41) is 2.17. The van der Waals surface area contributed by atoms with Gasteiger partial charge in [-0.15, -0.1) is 0 Å². The first-order chi connectivity index (χ1) is 31.5. The molecule has 4 nitrogen and oxygen atoms in total. The lowest BCUT2D eigenvalue weighted by atomic mass is 9.82. The van der Waals surface area contributed by atoms with Crippen LogP contribution in [0.25, 0.3) is 112 Å². The van der Waals surface area contributed by atoms with Crippen LogP contribution in [0.4, 0.5) is 0 Å². The number of hydrogen-bond acceptors (Lipinski definition) is 4. The first-order valence-corrected chi connectivity index (χ1v) is 21.8. The first kappa shape index (κ1) is 37.5. The summed E-state index contributed by atoms with van der Waals surface area (Å²) in [7, 11) is 0. The second kappa shape index (κ2) is 15.0. The van der Waals surface area contributed by atoms with Crippen molar-refractivity contribution in [2.45, 2.75) is 19.3 Å². The van der Waals surface area contributed by atoms with Crippen LogP contribution >= 0.6 is 0 Å². The molecule has 0 aliphatic heterocycles. The minimum atomic E-state index is -0.0806. The maximum atomic E-state index is 6.51. The molecule has 0 spiro atoms. The highest BCUT2D eigenvalue weighted by Crippen LogP contribution is 2.49. The highest BCUT2D eigenvalue weighted by atomic mass is 16.3. The lowest BCUT2D eigenvalue weighted by Gasteiger charge is -2.21. The van der Waals surface area contributed by atoms with Crippen molar-refractivity contribution in [2.75, 3.05) is 0 Å². The zero-order valence-corrected chi connectivity index (χ0v) is 35.5. The van der Waals surface area contributed by atoms with Gasteiger partial charge < -0.3 is 4.42 Å². The van der Waals surface area contributed by atoms with E-state index in [2.05, 4.69) is 208 Å². The van der Waals surface area contributed by atoms with Crippen LogP contribution in [0.3, 0.4) is 0 Å². The molecule has 0 saturated heterocycles. The molecule has 9 aromatic carbocycles. The fourth-order valence-corrected chi connectivity index (χ4v) is 9.71. The molecule has 0 saturated carbocycles. The lowest BCUT2D eigenvalue weighted by molar-refractivity contribution is 0.660. The third-order valence-corrected chi connectivity index (χ3v) is 13.0. The Morgan fingerprint density at radius 3 is 1.52 bits per heavy atom. The summed E-state index contributed by atoms with van der Waals surface area (Å²) in [4.78, 5) is 15.3. The summed E-state index contributed by atoms with van der Waals surface area (Å²) < 4.78 is 6.51. The van der Waals surface area contributed by atoms with E-state index >= 15 is 0 Å². The van der Waals surface area contributed by atoms with Gasteiger partial charge in [0.1, 0.15) is 11.2 Å². The third-order valence-electron chi connectivity index (χ3n) is 13.0. The van der Waals surface area contributed by atoms with Crippen molar-refractivity contribution in [3.8, 4) is 89.8 Å². The number of hydrogen-bond donors (Lipinski definition) is 0. The second-order valence-corrected chi connectivity index (χ2v) is 17.2. The Hall–Kier alpha value is -8.21. The van der Waals surface area contributed by atoms with E-state index in [9.17, 15) is 0 Å². The smallest absolute Gasteiger partial charge is 0.164 e. The molecule has 0 amide bonds. The summed E-state index contributed by atoms with van der Waals surface area (Å²) in [6.07, 6.45) is 0. The van der Waals surface area contributed by atoms with E-state index in [0.717, 1.165) is 60.9 Å². The summed E-state index contributed by atoms with van der Waals surface area (Å²) in [5.74, 6) is 1.91. The van der Waals surface area contributed by atoms with Crippen molar-refractivity contribution in [1.29, 1.82) is 0 Å². The van der Waals surface area contributed by atoms with E-state index in [1.807, 2.05) is 18.2 Å². The Kier molecular flexibility index (Phi) is 8.80. The molecular weight excluding hydrogens is 779 g/mol. The lowest BCUT2D eigenvalue weighted by Crippen LogP contribution is -2.14. The van der Waals surface area contributed by atoms with Crippen LogP contribution in [0.15, 0.2) is 217 Å². The second-order valence-electron chi connectivity index (χ2n) is 17.2. The molecule has 2 heterocycles. The van der Waals surface area contributed by atoms with Crippen molar-refractivity contribution in [3.05, 3.63) is 223 Å². The van der Waals surface area contributed by atoms with Crippen molar-refractivity contribution >= 4 is 21.9 Å². The van der Waals surface area contributed by atoms with Gasteiger partial charge >= 0.3 is 0 Å². The molecule has 4 heteroatoms. The Bertz CT molecular complexity index is 3560. The van der Waals surface area contributed by atoms with Gasteiger partial charge in [0.05, 0.1) is 0 Å². The van der Waals surface area contributed by atoms with Crippen LogP contribution < -0.4 is 0 Å². The fraction of sp³-hybridized carbons (Fsp3) is 0.0500. The van der Waals surface area contributed by atoms with E-state index in [1.54, 1.807) is 0 Å². The molecule has 0 N–H and O–H groups in total. The topological polar surface area (TPSA) is 51.8 Å². The van der Waals surface area contributed by atoms with Gasteiger partial charge in [-0.3, -0.25) is 0 Å². The Morgan fingerprint density at radius 2 is 0.797 bits per heavy atom. The highest BCUT2D eigenvalue weighted by Gasteiger charge is 2.35. The molecule has 1 aliphatic rings. The molecule has 11 aromatic rings. The van der Waals surface area contributed by atoms with Crippen LogP contribution in [-0.4, -0.2) is 15.0 Å². The normalized spacial score (nSPS) is 12.7. The molecule has 1 aliphatic carbocycles. The molecule has 0 unspecified atom stereocenters. The Labute approximate surface area is 372 Å². The quantitative estimate of drug-likeness (QED) is 0.161. The van der Waals surface area contributed by atoms with E-state index in [1.165, 1.54) is 44.5 Å². The van der Waals surface area contributed by atoms with Crippen molar-refractivity contribution in [2.24, 2.45) is 0 Å². The summed E-state index contributed by atoms with van der Waals surface area (Å²) in [6.45, 7) is 4.60. The minimum absolute atomic E-state index is 0.0806. The third kappa shape index (κ3) is 6.34. The average molecular weight is 820 g/mol. The maximum Gasteiger partial charge on any atom is 0.164 e. The summed E-state index contributed by atoms with van der Waals surface area (Å²) >= 11 is 0. The zero-order valence-electron chi connectivity index (χ0n) is 35.5. The van der Waals surface area contributed by atoms with E-state index < -0.39 is 0 Å². The van der Waals surface area contributed by atoms with Crippen LogP contribution in [-0.2, 0) is 5.41 Å². The van der Waals surface area contributed by atoms with Gasteiger partial charge in [0.2, 0.25) is 0 Å². The molecule has 2 aromatic heterocycles. The van der Waals surface area contributed by atoms with Gasteiger partial charge in [0.25, 0.3) is 0 Å². The highest BCUT2D eigenvalue weighted by molar-refractivity contribution is 6.13. The summed E-state index contributed by atoms with van der Waals surface area (Å²) in [5.41, 5.74) is 18.9. The SMILES string of the molecule is CC1(C)c2ccccc2-c2cc(-c3nc(-c4ccccc4)nc(-c4ccc(-c5cccc6oc7ccc(-c8ccc(-c9ccccc9)c(-c9ccccc9)c8)cc7c56)cc4)n3)ccc21. The van der Waals surface area contributed by atoms with Crippen LogP contribution in [0, 0.1) is 0 Å². The summed E-state index contributed by atoms with van der Waals surface area (Å²) in [6, 6.07) is 75.1. The van der Waals surface area contributed by atoms with Gasteiger partial charge in [0, 0.05) is 32.9 Å². The standard InChI is InChI=1S/C60H41N3O/c1-60(2)52-23-13-12-21-48(52)50-37-45(30-33-53(50)60)59-62-57(41-19-10-5-11-20-41)61-58(63-59)42-27-25-40(26-28-42)47-22-14-24-55-56(47)51-36-44(31-34-54(51)64-55)43-29-32-46(38-15-6-3-7-16-38)49(35-43)39-17-8-4-9-18-39/h3-37H,1-2H3. The Balaban J connectivity index is 0.935. The first-order valence-electron chi connectivity index (χ1n) is 21.8. The van der Waals surface area contributed by atoms with Crippen LogP contribution in [0.5, 0.6) is 0 Å². The molecule has 0 bridgehead atoms. The van der Waals surface area contributed by atoms with Gasteiger partial charge in [0.15, 0.2) is 17.5 Å². The molecule has 0 fully saturated rings. The van der Waals surface area contributed by atoms with Gasteiger partial charge in [-0.05, 0) is 97.1 Å². The minimum Gasteiger partial charge on any atom is -0.456 e. The molecule has 302 valence electrons. The van der Waals surface area contributed by atoms with Crippen molar-refractivity contribution < 1.29 is 4.42 Å². The zero-order chi connectivity index (χ0) is 42.8. The van der Waals surface area contributed by atoms with Crippen molar-refractivity contribution in [3.63, 3.8) is 0 Å². The number of nitrogens with zero attached hydrogens (tertiary/aromatic N) is 3. The van der Waals surface area contributed by atoms with Gasteiger partial charge in [-0.25, -0.2) is 15.0 Å². The molecular formula is C60H41N3O. The van der Waals surface area contributed by atoms with Gasteiger partial charge in [-0.1, -0.05) is 196 Å². The predicted molar refractivity (Wildman–Crippen MR) is 263 cm³/mol. The van der Waals surface area contributed by atoms with E-state index in [-0.39, 0.29) is 5.41 Å². The molecule has 0 atom stereocenters. The van der Waals surface area contributed by atoms with Crippen molar-refractivity contribution in [1.82, 2.24) is 15.0 Å².